The minimum Gasteiger partial charge on any atom is -0.374 e. The number of nitrogens with zero attached hydrogens (tertiary/aromatic N) is 2. The number of carbonyl (C=O) groups is 1. The lowest BCUT2D eigenvalue weighted by molar-refractivity contribution is 0.0286. The zero-order valence-corrected chi connectivity index (χ0v) is 11.7. The third kappa shape index (κ3) is 3.02. The normalized spacial score (nSPS) is 23.9. The van der Waals surface area contributed by atoms with Crippen molar-refractivity contribution in [1.29, 1.82) is 0 Å². The van der Waals surface area contributed by atoms with Gasteiger partial charge in [-0.15, -0.1) is 0 Å². The smallest absolute Gasteiger partial charge is 0.269 e. The predicted octanol–water partition coefficient (Wildman–Crippen LogP) is 0.716. The fourth-order valence-electron chi connectivity index (χ4n) is 2.98. The summed E-state index contributed by atoms with van der Waals surface area (Å²) in [6.07, 6.45) is 6.48. The van der Waals surface area contributed by atoms with Gasteiger partial charge >= 0.3 is 0 Å². The Kier molecular flexibility index (Phi) is 4.32. The minimum atomic E-state index is -0.0522. The molecule has 6 heteroatoms. The summed E-state index contributed by atoms with van der Waals surface area (Å²) < 4.78 is 7.47. The van der Waals surface area contributed by atoms with Crippen molar-refractivity contribution in [3.8, 4) is 0 Å². The Hall–Kier alpha value is -1.40. The van der Waals surface area contributed by atoms with Gasteiger partial charge in [-0.2, -0.15) is 5.10 Å². The Labute approximate surface area is 118 Å². The molecule has 3 rings (SSSR count). The second-order valence-corrected chi connectivity index (χ2v) is 5.51. The molecule has 1 unspecified atom stereocenters. The number of rotatable bonds is 4. The van der Waals surface area contributed by atoms with Crippen molar-refractivity contribution >= 4 is 5.91 Å². The molecule has 1 saturated carbocycles. The summed E-state index contributed by atoms with van der Waals surface area (Å²) in [6, 6.07) is 2.19. The van der Waals surface area contributed by atoms with E-state index >= 15 is 0 Å². The first kappa shape index (κ1) is 13.6. The van der Waals surface area contributed by atoms with E-state index in [1.807, 2.05) is 4.68 Å². The van der Waals surface area contributed by atoms with E-state index in [2.05, 4.69) is 15.7 Å². The van der Waals surface area contributed by atoms with E-state index in [-0.39, 0.29) is 12.0 Å². The minimum absolute atomic E-state index is 0.0522. The van der Waals surface area contributed by atoms with E-state index < -0.39 is 0 Å². The molecule has 1 saturated heterocycles. The molecule has 2 N–H and O–H groups in total. The summed E-state index contributed by atoms with van der Waals surface area (Å²) in [4.78, 5) is 12.3. The maximum Gasteiger partial charge on any atom is 0.269 e. The van der Waals surface area contributed by atoms with Gasteiger partial charge in [0.1, 0.15) is 5.69 Å². The van der Waals surface area contributed by atoms with Crippen molar-refractivity contribution in [2.45, 2.75) is 37.8 Å². The first-order valence-electron chi connectivity index (χ1n) is 7.48. The van der Waals surface area contributed by atoms with Crippen LogP contribution < -0.4 is 10.6 Å². The van der Waals surface area contributed by atoms with Crippen molar-refractivity contribution in [2.24, 2.45) is 0 Å². The summed E-state index contributed by atoms with van der Waals surface area (Å²) in [6.45, 7) is 2.93. The standard InChI is InChI=1S/C14H22N4O2/c19-14(16-10-12-9-15-7-8-20-12)13-5-6-17-18(13)11-3-1-2-4-11/h5-6,11-12,15H,1-4,7-10H2,(H,16,19). The maximum atomic E-state index is 12.3. The van der Waals surface area contributed by atoms with E-state index in [1.54, 1.807) is 12.3 Å². The second-order valence-electron chi connectivity index (χ2n) is 5.51. The van der Waals surface area contributed by atoms with Crippen molar-refractivity contribution in [1.82, 2.24) is 20.4 Å². The summed E-state index contributed by atoms with van der Waals surface area (Å²) in [5, 5.41) is 10.5. The zero-order valence-electron chi connectivity index (χ0n) is 11.7. The van der Waals surface area contributed by atoms with Gasteiger partial charge in [0.15, 0.2) is 0 Å². The van der Waals surface area contributed by atoms with E-state index in [0.717, 1.165) is 25.9 Å². The fraction of sp³-hybridized carbons (Fsp3) is 0.714. The molecule has 6 nitrogen and oxygen atoms in total. The first-order valence-corrected chi connectivity index (χ1v) is 7.48. The number of ether oxygens (including phenoxy) is 1. The van der Waals surface area contributed by atoms with E-state index in [0.29, 0.717) is 24.9 Å². The molecular weight excluding hydrogens is 256 g/mol. The number of amides is 1. The third-order valence-electron chi connectivity index (χ3n) is 4.07. The zero-order chi connectivity index (χ0) is 13.8. The fourth-order valence-corrected chi connectivity index (χ4v) is 2.98. The molecule has 1 aliphatic carbocycles. The predicted molar refractivity (Wildman–Crippen MR) is 74.7 cm³/mol. The Morgan fingerprint density at radius 1 is 1.50 bits per heavy atom. The lowest BCUT2D eigenvalue weighted by atomic mass is 10.2. The maximum absolute atomic E-state index is 12.3. The first-order chi connectivity index (χ1) is 9.84. The largest absolute Gasteiger partial charge is 0.374 e. The molecule has 0 spiro atoms. The van der Waals surface area contributed by atoms with Crippen LogP contribution in [0.25, 0.3) is 0 Å². The number of nitrogens with one attached hydrogen (secondary N) is 2. The molecule has 0 radical (unpaired) electrons. The van der Waals surface area contributed by atoms with E-state index in [1.165, 1.54) is 12.8 Å². The summed E-state index contributed by atoms with van der Waals surface area (Å²) >= 11 is 0. The van der Waals surface area contributed by atoms with Crippen molar-refractivity contribution < 1.29 is 9.53 Å². The van der Waals surface area contributed by atoms with E-state index in [9.17, 15) is 4.79 Å². The molecule has 110 valence electrons. The SMILES string of the molecule is O=C(NCC1CNCCO1)c1ccnn1C1CCCC1. The van der Waals surface area contributed by atoms with Crippen LogP contribution in [0.3, 0.4) is 0 Å². The van der Waals surface area contributed by atoms with Crippen LogP contribution in [0, 0.1) is 0 Å². The van der Waals surface area contributed by atoms with Crippen LogP contribution in [-0.4, -0.2) is 48.0 Å². The Balaban J connectivity index is 1.57. The number of aromatic nitrogens is 2. The monoisotopic (exact) mass is 278 g/mol. The number of hydrogen-bond donors (Lipinski definition) is 2. The molecule has 2 aliphatic rings. The average Bonchev–Trinajstić information content (AvgIpc) is 3.15. The van der Waals surface area contributed by atoms with Crippen LogP contribution in [0.4, 0.5) is 0 Å². The summed E-state index contributed by atoms with van der Waals surface area (Å²) in [5.41, 5.74) is 0.667. The average molecular weight is 278 g/mol. The highest BCUT2D eigenvalue weighted by atomic mass is 16.5. The highest BCUT2D eigenvalue weighted by molar-refractivity contribution is 5.92. The molecule has 1 aromatic rings. The summed E-state index contributed by atoms with van der Waals surface area (Å²) in [7, 11) is 0. The van der Waals surface area contributed by atoms with Crippen LogP contribution in [0.2, 0.25) is 0 Å². The highest BCUT2D eigenvalue weighted by Crippen LogP contribution is 2.29. The van der Waals surface area contributed by atoms with Crippen LogP contribution in [0.1, 0.15) is 42.2 Å². The molecule has 1 aliphatic heterocycles. The molecule has 2 fully saturated rings. The van der Waals surface area contributed by atoms with Gasteiger partial charge in [-0.25, -0.2) is 0 Å². The van der Waals surface area contributed by atoms with Crippen molar-refractivity contribution in [3.63, 3.8) is 0 Å². The van der Waals surface area contributed by atoms with Gasteiger partial charge in [0.25, 0.3) is 5.91 Å². The Morgan fingerprint density at radius 2 is 2.35 bits per heavy atom. The van der Waals surface area contributed by atoms with Crippen LogP contribution >= 0.6 is 0 Å². The topological polar surface area (TPSA) is 68.2 Å². The molecule has 1 atom stereocenters. The van der Waals surface area contributed by atoms with Crippen molar-refractivity contribution in [3.05, 3.63) is 18.0 Å². The third-order valence-corrected chi connectivity index (χ3v) is 4.07. The van der Waals surface area contributed by atoms with Gasteiger partial charge in [0.2, 0.25) is 0 Å². The van der Waals surface area contributed by atoms with Crippen molar-refractivity contribution in [2.75, 3.05) is 26.2 Å². The van der Waals surface area contributed by atoms with Gasteiger partial charge < -0.3 is 15.4 Å². The number of carbonyl (C=O) groups excluding carboxylic acids is 1. The second kappa shape index (κ2) is 6.37. The van der Waals surface area contributed by atoms with Crippen LogP contribution in [0.15, 0.2) is 12.3 Å². The molecule has 2 heterocycles. The quantitative estimate of drug-likeness (QED) is 0.851. The number of morpholine rings is 1. The van der Waals surface area contributed by atoms with Gasteiger partial charge in [-0.3, -0.25) is 9.48 Å². The molecule has 20 heavy (non-hydrogen) atoms. The lowest BCUT2D eigenvalue weighted by Crippen LogP contribution is -2.45. The molecule has 0 bridgehead atoms. The van der Waals surface area contributed by atoms with Gasteiger partial charge in [0, 0.05) is 25.8 Å². The van der Waals surface area contributed by atoms with E-state index in [4.69, 9.17) is 4.74 Å². The van der Waals surface area contributed by atoms with Gasteiger partial charge in [-0.1, -0.05) is 12.8 Å². The number of hydrogen-bond acceptors (Lipinski definition) is 4. The summed E-state index contributed by atoms with van der Waals surface area (Å²) in [5.74, 6) is -0.0522. The highest BCUT2D eigenvalue weighted by Gasteiger charge is 2.23. The Bertz CT molecular complexity index is 448. The van der Waals surface area contributed by atoms with Crippen LogP contribution in [0.5, 0.6) is 0 Å². The van der Waals surface area contributed by atoms with Crippen LogP contribution in [-0.2, 0) is 4.74 Å². The lowest BCUT2D eigenvalue weighted by Gasteiger charge is -2.24. The molecule has 0 aromatic carbocycles. The molecule has 1 aromatic heterocycles. The molecular formula is C14H22N4O2. The molecule has 1 amide bonds. The van der Waals surface area contributed by atoms with Gasteiger partial charge in [-0.05, 0) is 18.9 Å². The Morgan fingerprint density at radius 3 is 3.10 bits per heavy atom. The van der Waals surface area contributed by atoms with Gasteiger partial charge in [0.05, 0.1) is 18.8 Å².